The Balaban J connectivity index is 1.83. The van der Waals surface area contributed by atoms with Crippen molar-refractivity contribution in [3.63, 3.8) is 0 Å². The molecule has 0 saturated carbocycles. The van der Waals surface area contributed by atoms with Gasteiger partial charge in [0, 0.05) is 11.9 Å². The molecule has 122 valence electrons. The zero-order valence-electron chi connectivity index (χ0n) is 13.7. The fourth-order valence-corrected chi connectivity index (χ4v) is 2.28. The van der Waals surface area contributed by atoms with Gasteiger partial charge in [-0.15, -0.1) is 0 Å². The zero-order valence-corrected chi connectivity index (χ0v) is 13.7. The quantitative estimate of drug-likeness (QED) is 0.662. The maximum Gasteiger partial charge on any atom is 0.160 e. The second-order valence-electron chi connectivity index (χ2n) is 5.45. The summed E-state index contributed by atoms with van der Waals surface area (Å²) >= 11 is 0. The van der Waals surface area contributed by atoms with E-state index in [0.717, 1.165) is 23.5 Å². The van der Waals surface area contributed by atoms with E-state index < -0.39 is 0 Å². The number of aryl methyl sites for hydroxylation is 2. The molecule has 0 aliphatic rings. The predicted octanol–water partition coefficient (Wildman–Crippen LogP) is 3.81. The zero-order chi connectivity index (χ0) is 16.9. The molecule has 0 atom stereocenters. The molecule has 4 N–H and O–H groups in total. The Kier molecular flexibility index (Phi) is 4.56. The molecule has 3 rings (SSSR count). The third-order valence-corrected chi connectivity index (χ3v) is 3.76. The minimum absolute atomic E-state index is 0.446. The van der Waals surface area contributed by atoms with E-state index in [4.69, 9.17) is 5.73 Å². The van der Waals surface area contributed by atoms with Crippen LogP contribution in [-0.4, -0.2) is 15.0 Å². The molecule has 0 fully saturated rings. The molecule has 0 spiro atoms. The van der Waals surface area contributed by atoms with Crippen molar-refractivity contribution in [3.8, 4) is 0 Å². The smallest absolute Gasteiger partial charge is 0.160 e. The first-order chi connectivity index (χ1) is 11.7. The number of pyridine rings is 1. The Labute approximate surface area is 141 Å². The molecule has 1 aromatic carbocycles. The van der Waals surface area contributed by atoms with Gasteiger partial charge in [-0.25, -0.2) is 15.0 Å². The summed E-state index contributed by atoms with van der Waals surface area (Å²) in [6, 6.07) is 12.0. The highest BCUT2D eigenvalue weighted by Crippen LogP contribution is 2.28. The number of anilines is 5. The molecule has 6 nitrogen and oxygen atoms in total. The van der Waals surface area contributed by atoms with Crippen molar-refractivity contribution < 1.29 is 0 Å². The van der Waals surface area contributed by atoms with E-state index in [9.17, 15) is 0 Å². The van der Waals surface area contributed by atoms with Crippen LogP contribution in [0.2, 0.25) is 0 Å². The second kappa shape index (κ2) is 6.95. The number of benzene rings is 1. The van der Waals surface area contributed by atoms with Gasteiger partial charge in [0.2, 0.25) is 0 Å². The average molecular weight is 320 g/mol. The van der Waals surface area contributed by atoms with Crippen LogP contribution in [0.1, 0.15) is 18.1 Å². The van der Waals surface area contributed by atoms with Gasteiger partial charge in [-0.1, -0.05) is 25.1 Å². The maximum atomic E-state index is 6.21. The van der Waals surface area contributed by atoms with Crippen molar-refractivity contribution >= 4 is 28.8 Å². The number of rotatable bonds is 5. The molecule has 0 saturated heterocycles. The Morgan fingerprint density at radius 3 is 2.29 bits per heavy atom. The van der Waals surface area contributed by atoms with Crippen LogP contribution in [0, 0.1) is 6.92 Å². The van der Waals surface area contributed by atoms with Crippen molar-refractivity contribution in [2.75, 3.05) is 16.4 Å². The molecule has 0 bridgehead atoms. The maximum absolute atomic E-state index is 6.21. The molecule has 6 heteroatoms. The third kappa shape index (κ3) is 3.43. The lowest BCUT2D eigenvalue weighted by atomic mass is 10.1. The van der Waals surface area contributed by atoms with Gasteiger partial charge in [-0.2, -0.15) is 0 Å². The molecule has 3 aromatic rings. The molecular weight excluding hydrogens is 300 g/mol. The minimum atomic E-state index is 0.446. The molecular formula is C18H20N6. The molecule has 0 unspecified atom stereocenters. The van der Waals surface area contributed by atoms with Crippen molar-refractivity contribution in [1.29, 1.82) is 0 Å². The first kappa shape index (κ1) is 15.7. The van der Waals surface area contributed by atoms with Crippen LogP contribution in [-0.2, 0) is 6.42 Å². The summed E-state index contributed by atoms with van der Waals surface area (Å²) in [4.78, 5) is 12.8. The fourth-order valence-electron chi connectivity index (χ4n) is 2.28. The normalized spacial score (nSPS) is 10.4. The van der Waals surface area contributed by atoms with Crippen LogP contribution >= 0.6 is 0 Å². The first-order valence-corrected chi connectivity index (χ1v) is 7.82. The molecule has 24 heavy (non-hydrogen) atoms. The summed E-state index contributed by atoms with van der Waals surface area (Å²) in [5.74, 6) is 1.81. The lowest BCUT2D eigenvalue weighted by Crippen LogP contribution is -2.06. The van der Waals surface area contributed by atoms with Crippen LogP contribution in [0.4, 0.5) is 28.8 Å². The Hall–Kier alpha value is -3.15. The van der Waals surface area contributed by atoms with Crippen LogP contribution in [0.3, 0.4) is 0 Å². The van der Waals surface area contributed by atoms with E-state index in [1.807, 2.05) is 31.2 Å². The van der Waals surface area contributed by atoms with Gasteiger partial charge in [-0.05, 0) is 42.7 Å². The van der Waals surface area contributed by atoms with Gasteiger partial charge >= 0.3 is 0 Å². The summed E-state index contributed by atoms with van der Waals surface area (Å²) in [7, 11) is 0. The predicted molar refractivity (Wildman–Crippen MR) is 97.8 cm³/mol. The third-order valence-electron chi connectivity index (χ3n) is 3.76. The van der Waals surface area contributed by atoms with Crippen molar-refractivity contribution in [2.24, 2.45) is 0 Å². The monoisotopic (exact) mass is 320 g/mol. The number of aromatic nitrogens is 3. The van der Waals surface area contributed by atoms with Crippen molar-refractivity contribution in [2.45, 2.75) is 20.3 Å². The Morgan fingerprint density at radius 2 is 1.62 bits per heavy atom. The van der Waals surface area contributed by atoms with Crippen molar-refractivity contribution in [1.82, 2.24) is 15.0 Å². The van der Waals surface area contributed by atoms with Crippen LogP contribution < -0.4 is 16.4 Å². The fraction of sp³-hybridized carbons (Fsp3) is 0.167. The van der Waals surface area contributed by atoms with Crippen molar-refractivity contribution in [3.05, 3.63) is 60.0 Å². The van der Waals surface area contributed by atoms with Crippen LogP contribution in [0.15, 0.2) is 48.9 Å². The molecule has 0 aliphatic carbocycles. The minimum Gasteiger partial charge on any atom is -0.393 e. The SMILES string of the molecule is CCc1ccc(Nc2ncnc(Nc3ncccc3C)c2N)cc1. The molecule has 0 aliphatic heterocycles. The largest absolute Gasteiger partial charge is 0.393 e. The van der Waals surface area contributed by atoms with Gasteiger partial charge in [0.1, 0.15) is 17.8 Å². The number of hydrogen-bond donors (Lipinski definition) is 3. The summed E-state index contributed by atoms with van der Waals surface area (Å²) in [5.41, 5.74) is 9.88. The molecule has 2 heterocycles. The summed E-state index contributed by atoms with van der Waals surface area (Å²) in [6.07, 6.45) is 4.20. The van der Waals surface area contributed by atoms with Crippen LogP contribution in [0.25, 0.3) is 0 Å². The van der Waals surface area contributed by atoms with Gasteiger partial charge in [0.05, 0.1) is 0 Å². The highest BCUT2D eigenvalue weighted by molar-refractivity contribution is 5.80. The van der Waals surface area contributed by atoms with Crippen LogP contribution in [0.5, 0.6) is 0 Å². The summed E-state index contributed by atoms with van der Waals surface area (Å²) < 4.78 is 0. The van der Waals surface area contributed by atoms with E-state index in [0.29, 0.717) is 17.3 Å². The number of nitrogens with one attached hydrogen (secondary N) is 2. The van der Waals surface area contributed by atoms with Gasteiger partial charge in [-0.3, -0.25) is 0 Å². The second-order valence-corrected chi connectivity index (χ2v) is 5.45. The number of nitrogens with two attached hydrogens (primary N) is 1. The lowest BCUT2D eigenvalue weighted by molar-refractivity contribution is 1.14. The first-order valence-electron chi connectivity index (χ1n) is 7.82. The van der Waals surface area contributed by atoms with E-state index in [1.165, 1.54) is 11.9 Å². The highest BCUT2D eigenvalue weighted by atomic mass is 15.1. The molecule has 2 aromatic heterocycles. The standard InChI is InChI=1S/C18H20N6/c1-3-13-6-8-14(9-7-13)23-17-15(19)18(22-11-21-17)24-16-12(2)5-4-10-20-16/h4-11H,3,19H2,1-2H3,(H2,20,21,22,23,24). The summed E-state index contributed by atoms with van der Waals surface area (Å²) in [6.45, 7) is 4.10. The summed E-state index contributed by atoms with van der Waals surface area (Å²) in [5, 5.41) is 6.39. The number of nitrogens with zero attached hydrogens (tertiary/aromatic N) is 3. The Bertz CT molecular complexity index is 829. The molecule has 0 amide bonds. The topological polar surface area (TPSA) is 88.8 Å². The van der Waals surface area contributed by atoms with E-state index >= 15 is 0 Å². The van der Waals surface area contributed by atoms with Gasteiger partial charge < -0.3 is 16.4 Å². The molecule has 0 radical (unpaired) electrons. The Morgan fingerprint density at radius 1 is 0.917 bits per heavy atom. The highest BCUT2D eigenvalue weighted by Gasteiger charge is 2.10. The average Bonchev–Trinajstić information content (AvgIpc) is 2.61. The number of hydrogen-bond acceptors (Lipinski definition) is 6. The van der Waals surface area contributed by atoms with E-state index in [1.54, 1.807) is 6.20 Å². The van der Waals surface area contributed by atoms with Gasteiger partial charge in [0.25, 0.3) is 0 Å². The van der Waals surface area contributed by atoms with E-state index in [2.05, 4.69) is 44.6 Å². The van der Waals surface area contributed by atoms with Gasteiger partial charge in [0.15, 0.2) is 11.6 Å². The lowest BCUT2D eigenvalue weighted by Gasteiger charge is -2.13. The number of nitrogen functional groups attached to an aromatic ring is 1. The van der Waals surface area contributed by atoms with E-state index in [-0.39, 0.29) is 0 Å².